The molecule has 92 valence electrons. The molecule has 2 aromatic heterocycles. The van der Waals surface area contributed by atoms with Gasteiger partial charge in [0.05, 0.1) is 18.3 Å². The number of aromatic nitrogens is 3. The van der Waals surface area contributed by atoms with E-state index in [0.717, 1.165) is 12.1 Å². The molecule has 1 N–H and O–H groups in total. The molecule has 2 heterocycles. The largest absolute Gasteiger partial charge is 0.365 e. The highest BCUT2D eigenvalue weighted by atomic mass is 15.3. The number of anilines is 1. The highest BCUT2D eigenvalue weighted by molar-refractivity contribution is 5.51. The van der Waals surface area contributed by atoms with Gasteiger partial charge in [-0.25, -0.2) is 4.98 Å². The maximum absolute atomic E-state index is 8.98. The number of nitrogens with zero attached hydrogens (tertiary/aromatic N) is 4. The van der Waals surface area contributed by atoms with E-state index in [1.807, 2.05) is 30.9 Å². The van der Waals surface area contributed by atoms with Gasteiger partial charge >= 0.3 is 0 Å². The Kier molecular flexibility index (Phi) is 3.58. The molecule has 0 aliphatic carbocycles. The second kappa shape index (κ2) is 5.32. The van der Waals surface area contributed by atoms with Gasteiger partial charge in [-0.15, -0.1) is 0 Å². The van der Waals surface area contributed by atoms with Gasteiger partial charge in [-0.1, -0.05) is 0 Å². The molecule has 0 aromatic carbocycles. The molecule has 5 nitrogen and oxygen atoms in total. The Balaban J connectivity index is 2.03. The summed E-state index contributed by atoms with van der Waals surface area (Å²) in [6.07, 6.45) is 5.49. The summed E-state index contributed by atoms with van der Waals surface area (Å²) in [5, 5.41) is 16.4. The van der Waals surface area contributed by atoms with E-state index in [4.69, 9.17) is 5.26 Å². The zero-order chi connectivity index (χ0) is 13.0. The molecule has 0 amide bonds. The normalized spacial score (nSPS) is 11.8. The highest BCUT2D eigenvalue weighted by Gasteiger charge is 2.08. The number of pyridine rings is 1. The first kappa shape index (κ1) is 12.1. The van der Waals surface area contributed by atoms with Crippen LogP contribution in [-0.4, -0.2) is 20.8 Å². The Hall–Kier alpha value is -2.35. The second-order valence-corrected chi connectivity index (χ2v) is 4.30. The van der Waals surface area contributed by atoms with E-state index in [1.54, 1.807) is 18.3 Å². The summed E-state index contributed by atoms with van der Waals surface area (Å²) < 4.78 is 1.88. The molecular weight excluding hydrogens is 226 g/mol. The molecule has 0 spiro atoms. The molecule has 0 fully saturated rings. The van der Waals surface area contributed by atoms with Crippen LogP contribution in [0.3, 0.4) is 0 Å². The molecular formula is C13H15N5. The van der Waals surface area contributed by atoms with Crippen LogP contribution in [0.15, 0.2) is 30.7 Å². The van der Waals surface area contributed by atoms with Crippen LogP contribution in [0.25, 0.3) is 0 Å². The summed E-state index contributed by atoms with van der Waals surface area (Å²) in [5.41, 5.74) is 1.69. The first-order chi connectivity index (χ1) is 8.69. The molecule has 0 bridgehead atoms. The fraction of sp³-hybridized carbons (Fsp3) is 0.308. The smallest absolute Gasteiger partial charge is 0.144 e. The molecule has 5 heteroatoms. The lowest BCUT2D eigenvalue weighted by Crippen LogP contribution is -2.23. The van der Waals surface area contributed by atoms with Crippen molar-refractivity contribution in [3.8, 4) is 6.07 Å². The van der Waals surface area contributed by atoms with Crippen molar-refractivity contribution in [3.63, 3.8) is 0 Å². The minimum absolute atomic E-state index is 0.145. The lowest BCUT2D eigenvalue weighted by molar-refractivity contribution is 0.559. The van der Waals surface area contributed by atoms with Gasteiger partial charge in [-0.3, -0.25) is 4.68 Å². The van der Waals surface area contributed by atoms with Gasteiger partial charge < -0.3 is 5.32 Å². The van der Waals surface area contributed by atoms with Crippen LogP contribution in [0, 0.1) is 18.3 Å². The van der Waals surface area contributed by atoms with Crippen molar-refractivity contribution in [1.29, 1.82) is 5.26 Å². The number of hydrogen-bond donors (Lipinski definition) is 1. The van der Waals surface area contributed by atoms with Gasteiger partial charge in [-0.2, -0.15) is 10.4 Å². The van der Waals surface area contributed by atoms with Gasteiger partial charge in [0, 0.05) is 18.4 Å². The standard InChI is InChI=1S/C13H15N5/c1-10-7-16-18(8-10)9-11(2)17-13-12(6-14)4-3-5-15-13/h3-5,7-8,11H,9H2,1-2H3,(H,15,17)/t11-/m1/s1. The summed E-state index contributed by atoms with van der Waals surface area (Å²) >= 11 is 0. The lowest BCUT2D eigenvalue weighted by Gasteiger charge is -2.15. The van der Waals surface area contributed by atoms with Crippen molar-refractivity contribution in [2.75, 3.05) is 5.32 Å². The van der Waals surface area contributed by atoms with Gasteiger partial charge in [0.25, 0.3) is 0 Å². The molecule has 0 saturated heterocycles. The van der Waals surface area contributed by atoms with Gasteiger partial charge in [0.15, 0.2) is 0 Å². The number of aryl methyl sites for hydroxylation is 1. The molecule has 0 saturated carbocycles. The van der Waals surface area contributed by atoms with Crippen molar-refractivity contribution >= 4 is 5.82 Å². The molecule has 18 heavy (non-hydrogen) atoms. The second-order valence-electron chi connectivity index (χ2n) is 4.30. The Labute approximate surface area is 106 Å². The molecule has 0 aliphatic heterocycles. The molecule has 0 radical (unpaired) electrons. The Morgan fingerprint density at radius 2 is 2.39 bits per heavy atom. The number of rotatable bonds is 4. The van der Waals surface area contributed by atoms with Crippen molar-refractivity contribution in [1.82, 2.24) is 14.8 Å². The van der Waals surface area contributed by atoms with Gasteiger partial charge in [0.2, 0.25) is 0 Å². The van der Waals surface area contributed by atoms with Crippen molar-refractivity contribution in [2.24, 2.45) is 0 Å². The first-order valence-corrected chi connectivity index (χ1v) is 5.80. The number of hydrogen-bond acceptors (Lipinski definition) is 4. The van der Waals surface area contributed by atoms with Crippen LogP contribution in [0.4, 0.5) is 5.82 Å². The van der Waals surface area contributed by atoms with E-state index in [1.165, 1.54) is 0 Å². The van der Waals surface area contributed by atoms with E-state index in [9.17, 15) is 0 Å². The molecule has 1 atom stereocenters. The summed E-state index contributed by atoms with van der Waals surface area (Å²) in [7, 11) is 0. The maximum Gasteiger partial charge on any atom is 0.144 e. The third-order valence-corrected chi connectivity index (χ3v) is 2.53. The Morgan fingerprint density at radius 3 is 3.06 bits per heavy atom. The van der Waals surface area contributed by atoms with Gasteiger partial charge in [0.1, 0.15) is 11.9 Å². The topological polar surface area (TPSA) is 66.5 Å². The summed E-state index contributed by atoms with van der Waals surface area (Å²) in [4.78, 5) is 4.17. The van der Waals surface area contributed by atoms with Crippen molar-refractivity contribution in [2.45, 2.75) is 26.4 Å². The van der Waals surface area contributed by atoms with Crippen LogP contribution < -0.4 is 5.32 Å². The minimum atomic E-state index is 0.145. The van der Waals surface area contributed by atoms with Crippen LogP contribution in [0.1, 0.15) is 18.1 Å². The predicted molar refractivity (Wildman–Crippen MR) is 69.0 cm³/mol. The van der Waals surface area contributed by atoms with Crippen LogP contribution in [0.5, 0.6) is 0 Å². The fourth-order valence-electron chi connectivity index (χ4n) is 1.74. The Bertz CT molecular complexity index is 567. The zero-order valence-electron chi connectivity index (χ0n) is 10.5. The van der Waals surface area contributed by atoms with E-state index >= 15 is 0 Å². The molecule has 0 unspecified atom stereocenters. The summed E-state index contributed by atoms with van der Waals surface area (Å²) in [5.74, 6) is 0.622. The Morgan fingerprint density at radius 1 is 1.56 bits per heavy atom. The maximum atomic E-state index is 8.98. The predicted octanol–water partition coefficient (Wildman–Crippen LogP) is 1.96. The fourth-order valence-corrected chi connectivity index (χ4v) is 1.74. The third-order valence-electron chi connectivity index (χ3n) is 2.53. The molecule has 2 aromatic rings. The van der Waals surface area contributed by atoms with Gasteiger partial charge in [-0.05, 0) is 31.5 Å². The van der Waals surface area contributed by atoms with E-state index in [2.05, 4.69) is 21.5 Å². The quantitative estimate of drug-likeness (QED) is 0.888. The molecule has 2 rings (SSSR count). The van der Waals surface area contributed by atoms with Crippen molar-refractivity contribution < 1.29 is 0 Å². The highest BCUT2D eigenvalue weighted by Crippen LogP contribution is 2.11. The van der Waals surface area contributed by atoms with E-state index in [0.29, 0.717) is 11.4 Å². The minimum Gasteiger partial charge on any atom is -0.365 e. The molecule has 0 aliphatic rings. The lowest BCUT2D eigenvalue weighted by atomic mass is 10.2. The van der Waals surface area contributed by atoms with Crippen LogP contribution in [0.2, 0.25) is 0 Å². The summed E-state index contributed by atoms with van der Waals surface area (Å²) in [6, 6.07) is 5.77. The third kappa shape index (κ3) is 2.86. The van der Waals surface area contributed by atoms with Crippen molar-refractivity contribution in [3.05, 3.63) is 41.9 Å². The van der Waals surface area contributed by atoms with Crippen LogP contribution >= 0.6 is 0 Å². The summed E-state index contributed by atoms with van der Waals surface area (Å²) in [6.45, 7) is 4.77. The number of nitriles is 1. The number of nitrogens with one attached hydrogen (secondary N) is 1. The monoisotopic (exact) mass is 241 g/mol. The average molecular weight is 241 g/mol. The average Bonchev–Trinajstić information content (AvgIpc) is 2.75. The van der Waals surface area contributed by atoms with Crippen LogP contribution in [-0.2, 0) is 6.54 Å². The SMILES string of the molecule is Cc1cnn(C[C@@H](C)Nc2ncccc2C#N)c1. The first-order valence-electron chi connectivity index (χ1n) is 5.80. The zero-order valence-corrected chi connectivity index (χ0v) is 10.5. The van der Waals surface area contributed by atoms with E-state index in [-0.39, 0.29) is 6.04 Å². The van der Waals surface area contributed by atoms with E-state index < -0.39 is 0 Å².